The Morgan fingerprint density at radius 3 is 2.17 bits per heavy atom. The quantitative estimate of drug-likeness (QED) is 0.343. The average Bonchev–Trinajstić information content (AvgIpc) is 2.78. The number of hydrogen-bond acceptors (Lipinski definition) is 5. The van der Waals surface area contributed by atoms with Crippen molar-refractivity contribution in [1.29, 1.82) is 0 Å². The van der Waals surface area contributed by atoms with Gasteiger partial charge in [0.1, 0.15) is 23.0 Å². The predicted molar refractivity (Wildman–Crippen MR) is 116 cm³/mol. The van der Waals surface area contributed by atoms with Crippen LogP contribution in [0.15, 0.2) is 60.7 Å². The molecule has 1 heterocycles. The number of hydrogen-bond donors (Lipinski definition) is 0. The van der Waals surface area contributed by atoms with Gasteiger partial charge in [-0.15, -0.1) is 0 Å². The van der Waals surface area contributed by atoms with E-state index < -0.39 is 0 Å². The Labute approximate surface area is 174 Å². The molecule has 0 aliphatic carbocycles. The van der Waals surface area contributed by atoms with Gasteiger partial charge in [0.05, 0.1) is 0 Å². The van der Waals surface area contributed by atoms with Crippen LogP contribution in [0.5, 0.6) is 23.0 Å². The molecule has 0 amide bonds. The molecule has 0 atom stereocenters. The van der Waals surface area contributed by atoms with E-state index >= 15 is 0 Å². The van der Waals surface area contributed by atoms with Gasteiger partial charge in [-0.2, -0.15) is 0 Å². The lowest BCUT2D eigenvalue weighted by atomic mass is 9.94. The van der Waals surface area contributed by atoms with Crippen molar-refractivity contribution in [2.24, 2.45) is 0 Å². The zero-order valence-corrected chi connectivity index (χ0v) is 16.9. The van der Waals surface area contributed by atoms with E-state index in [1.54, 1.807) is 14.2 Å². The van der Waals surface area contributed by atoms with E-state index in [1.165, 1.54) is 11.1 Å². The summed E-state index contributed by atoms with van der Waals surface area (Å²) in [5, 5.41) is 4.37. The van der Waals surface area contributed by atoms with Crippen LogP contribution in [0.3, 0.4) is 0 Å². The Morgan fingerprint density at radius 2 is 1.40 bits per heavy atom. The average molecular weight is 402 g/mol. The van der Waals surface area contributed by atoms with Crippen molar-refractivity contribution >= 4 is 21.5 Å². The zero-order chi connectivity index (χ0) is 20.5. The molecule has 0 fully saturated rings. The van der Waals surface area contributed by atoms with Crippen LogP contribution in [-0.2, 0) is 15.9 Å². The molecule has 0 N–H and O–H groups in total. The summed E-state index contributed by atoms with van der Waals surface area (Å²) in [6.45, 7) is 0.450. The number of rotatable bonds is 6. The van der Waals surface area contributed by atoms with E-state index in [0.717, 1.165) is 51.0 Å². The lowest BCUT2D eigenvalue weighted by molar-refractivity contribution is 0.0510. The van der Waals surface area contributed by atoms with Gasteiger partial charge in [0, 0.05) is 26.0 Å². The predicted octanol–water partition coefficient (Wildman–Crippen LogP) is 5.65. The van der Waals surface area contributed by atoms with Crippen molar-refractivity contribution in [1.82, 2.24) is 0 Å². The molecule has 0 radical (unpaired) electrons. The van der Waals surface area contributed by atoms with E-state index in [2.05, 4.69) is 30.3 Å². The molecule has 152 valence electrons. The van der Waals surface area contributed by atoms with Crippen LogP contribution in [0.2, 0.25) is 0 Å². The summed E-state index contributed by atoms with van der Waals surface area (Å²) in [5.74, 6) is 3.33. The topological polar surface area (TPSA) is 46.2 Å². The third kappa shape index (κ3) is 3.43. The summed E-state index contributed by atoms with van der Waals surface area (Å²) in [6.07, 6.45) is 0.834. The fourth-order valence-electron chi connectivity index (χ4n) is 3.87. The van der Waals surface area contributed by atoms with Crippen molar-refractivity contribution < 1.29 is 23.7 Å². The van der Waals surface area contributed by atoms with Gasteiger partial charge in [0.25, 0.3) is 0 Å². The number of ether oxygens (including phenoxy) is 5. The Hall–Kier alpha value is -3.28. The van der Waals surface area contributed by atoms with Gasteiger partial charge in [-0.25, -0.2) is 0 Å². The molecule has 0 saturated heterocycles. The zero-order valence-electron chi connectivity index (χ0n) is 16.9. The fraction of sp³-hybridized carbons (Fsp3) is 0.200. The van der Waals surface area contributed by atoms with E-state index in [0.29, 0.717) is 0 Å². The first-order chi connectivity index (χ1) is 14.7. The molecule has 5 heteroatoms. The minimum atomic E-state index is 0.225. The fourth-order valence-corrected chi connectivity index (χ4v) is 3.87. The van der Waals surface area contributed by atoms with Crippen LogP contribution < -0.4 is 14.2 Å². The summed E-state index contributed by atoms with van der Waals surface area (Å²) in [4.78, 5) is 0. The second kappa shape index (κ2) is 7.86. The van der Waals surface area contributed by atoms with Gasteiger partial charge < -0.3 is 23.7 Å². The molecule has 5 nitrogen and oxygen atoms in total. The highest BCUT2D eigenvalue weighted by molar-refractivity contribution is 5.93. The number of fused-ring (bicyclic) bond motifs is 5. The molecule has 1 aliphatic heterocycles. The van der Waals surface area contributed by atoms with E-state index in [9.17, 15) is 0 Å². The van der Waals surface area contributed by atoms with E-state index in [4.69, 9.17) is 23.7 Å². The molecule has 4 aromatic carbocycles. The molecule has 0 spiro atoms. The Kier molecular flexibility index (Phi) is 4.91. The maximum Gasteiger partial charge on any atom is 0.188 e. The molecule has 4 aromatic rings. The van der Waals surface area contributed by atoms with Gasteiger partial charge in [-0.3, -0.25) is 0 Å². The van der Waals surface area contributed by atoms with Crippen LogP contribution in [0, 0.1) is 0 Å². The van der Waals surface area contributed by atoms with Gasteiger partial charge in [0.2, 0.25) is 0 Å². The molecule has 0 saturated carbocycles. The second-order valence-corrected chi connectivity index (χ2v) is 7.29. The Bertz CT molecular complexity index is 1230. The normalized spacial score (nSPS) is 12.3. The van der Waals surface area contributed by atoms with Crippen LogP contribution in [0.4, 0.5) is 0 Å². The smallest absolute Gasteiger partial charge is 0.188 e. The SMILES string of the molecule is COCOc1ccc2cc3c(cc2c1)Oc1c(ccc2cc(OCOC)ccc12)C3. The lowest BCUT2D eigenvalue weighted by Gasteiger charge is -2.23. The second-order valence-electron chi connectivity index (χ2n) is 7.29. The van der Waals surface area contributed by atoms with Crippen molar-refractivity contribution in [3.63, 3.8) is 0 Å². The Morgan fingerprint density at radius 1 is 0.700 bits per heavy atom. The summed E-state index contributed by atoms with van der Waals surface area (Å²) in [6, 6.07) is 20.6. The molecular weight excluding hydrogens is 380 g/mol. The number of benzene rings is 4. The van der Waals surface area contributed by atoms with Crippen LogP contribution >= 0.6 is 0 Å². The van der Waals surface area contributed by atoms with Crippen molar-refractivity contribution in [3.05, 3.63) is 71.8 Å². The maximum absolute atomic E-state index is 6.41. The van der Waals surface area contributed by atoms with Crippen molar-refractivity contribution in [3.8, 4) is 23.0 Å². The Balaban J connectivity index is 1.52. The maximum atomic E-state index is 6.41. The highest BCUT2D eigenvalue weighted by Crippen LogP contribution is 2.43. The third-order valence-electron chi connectivity index (χ3n) is 5.29. The van der Waals surface area contributed by atoms with Gasteiger partial charge in [-0.05, 0) is 69.8 Å². The summed E-state index contributed by atoms with van der Waals surface area (Å²) >= 11 is 0. The van der Waals surface area contributed by atoms with Gasteiger partial charge >= 0.3 is 0 Å². The molecule has 5 rings (SSSR count). The van der Waals surface area contributed by atoms with Crippen molar-refractivity contribution in [2.45, 2.75) is 6.42 Å². The van der Waals surface area contributed by atoms with E-state index in [-0.39, 0.29) is 13.6 Å². The molecule has 30 heavy (non-hydrogen) atoms. The molecule has 0 bridgehead atoms. The van der Waals surface area contributed by atoms with Crippen LogP contribution in [0.25, 0.3) is 21.5 Å². The highest BCUT2D eigenvalue weighted by Gasteiger charge is 2.20. The number of methoxy groups -OCH3 is 2. The lowest BCUT2D eigenvalue weighted by Crippen LogP contribution is -2.04. The van der Waals surface area contributed by atoms with Crippen molar-refractivity contribution in [2.75, 3.05) is 27.8 Å². The first kappa shape index (κ1) is 18.7. The molecule has 0 unspecified atom stereocenters. The summed E-state index contributed by atoms with van der Waals surface area (Å²) < 4.78 is 27.5. The van der Waals surface area contributed by atoms with Crippen LogP contribution in [-0.4, -0.2) is 27.8 Å². The van der Waals surface area contributed by atoms with Crippen LogP contribution in [0.1, 0.15) is 11.1 Å². The first-order valence-corrected chi connectivity index (χ1v) is 9.79. The summed E-state index contributed by atoms with van der Waals surface area (Å²) in [7, 11) is 3.22. The standard InChI is InChI=1S/C25H22O5/c1-26-14-28-21-6-5-16-9-20-10-18-4-3-17-11-22(29-15-27-2)7-8-23(17)25(18)30-24(20)13-19(16)12-21/h3-9,11-13H,10,14-15H2,1-2H3. The summed E-state index contributed by atoms with van der Waals surface area (Å²) in [5.41, 5.74) is 2.36. The molecular formula is C25H22O5. The minimum Gasteiger partial charge on any atom is -0.468 e. The largest absolute Gasteiger partial charge is 0.468 e. The molecule has 1 aliphatic rings. The first-order valence-electron chi connectivity index (χ1n) is 9.79. The van der Waals surface area contributed by atoms with Gasteiger partial charge in [0.15, 0.2) is 13.6 Å². The van der Waals surface area contributed by atoms with E-state index in [1.807, 2.05) is 30.3 Å². The third-order valence-corrected chi connectivity index (χ3v) is 5.29. The minimum absolute atomic E-state index is 0.225. The highest BCUT2D eigenvalue weighted by atomic mass is 16.7. The van der Waals surface area contributed by atoms with Gasteiger partial charge in [-0.1, -0.05) is 18.2 Å². The molecule has 0 aromatic heterocycles. The monoisotopic (exact) mass is 402 g/mol.